The molecule has 0 fully saturated rings. The molecule has 0 heterocycles. The summed E-state index contributed by atoms with van der Waals surface area (Å²) in [5, 5.41) is 10.8. The van der Waals surface area contributed by atoms with E-state index in [0.717, 1.165) is 19.3 Å². The summed E-state index contributed by atoms with van der Waals surface area (Å²) in [4.78, 5) is 43.6. The van der Waals surface area contributed by atoms with Crippen LogP contribution in [0, 0.1) is 0 Å². The molecule has 0 aliphatic rings. The maximum Gasteiger partial charge on any atom is 0.472 e. The second-order valence-electron chi connectivity index (χ2n) is 11.8. The van der Waals surface area contributed by atoms with Crippen molar-refractivity contribution in [3.63, 3.8) is 0 Å². The van der Waals surface area contributed by atoms with Gasteiger partial charge in [0.15, 0.2) is 0 Å². The predicted octanol–water partition coefficient (Wildman–Crippen LogP) is 6.19. The zero-order valence-electron chi connectivity index (χ0n) is 30.5. The smallest absolute Gasteiger partial charge is 0.472 e. The van der Waals surface area contributed by atoms with Crippen molar-refractivity contribution in [1.82, 2.24) is 5.32 Å². The fourth-order valence-electron chi connectivity index (χ4n) is 4.55. The third-order valence-electron chi connectivity index (χ3n) is 7.22. The molecule has 1 amide bonds. The molecular formula is C34H66NO14P. The zero-order valence-corrected chi connectivity index (χ0v) is 31.3. The molecule has 296 valence electrons. The number of esters is 1. The maximum absolute atomic E-state index is 12.0. The normalized spacial score (nSPS) is 12.4. The largest absolute Gasteiger partial charge is 0.480 e. The molecule has 1 atom stereocenters. The lowest BCUT2D eigenvalue weighted by molar-refractivity contribution is -0.144. The molecule has 0 bridgehead atoms. The molecule has 0 rings (SSSR count). The number of carboxylic acids is 1. The van der Waals surface area contributed by atoms with Gasteiger partial charge in [-0.3, -0.25) is 13.8 Å². The van der Waals surface area contributed by atoms with Gasteiger partial charge in [0.2, 0.25) is 0 Å². The number of hydrogen-bond acceptors (Lipinski definition) is 12. The van der Waals surface area contributed by atoms with Crippen molar-refractivity contribution in [3.8, 4) is 0 Å². The number of carboxylic acid groups (broad SMARTS) is 1. The van der Waals surface area contributed by atoms with Gasteiger partial charge in [0.05, 0.1) is 66.1 Å². The molecule has 1 unspecified atom stereocenters. The van der Waals surface area contributed by atoms with Crippen LogP contribution in [0.15, 0.2) is 0 Å². The Labute approximate surface area is 299 Å². The summed E-state index contributed by atoms with van der Waals surface area (Å²) in [7, 11) is -4.31. The summed E-state index contributed by atoms with van der Waals surface area (Å²) in [6.07, 6.45) is 18.8. The first-order valence-electron chi connectivity index (χ1n) is 18.5. The van der Waals surface area contributed by atoms with Gasteiger partial charge < -0.3 is 43.7 Å². The van der Waals surface area contributed by atoms with Crippen LogP contribution >= 0.6 is 7.82 Å². The number of hydrogen-bond donors (Lipinski definition) is 3. The highest BCUT2D eigenvalue weighted by Crippen LogP contribution is 2.42. The molecule has 0 aromatic carbocycles. The monoisotopic (exact) mass is 743 g/mol. The molecule has 0 saturated heterocycles. The van der Waals surface area contributed by atoms with Crippen LogP contribution in [0.2, 0.25) is 0 Å². The minimum atomic E-state index is -4.31. The lowest BCUT2D eigenvalue weighted by Gasteiger charge is -2.13. The molecule has 15 nitrogen and oxygen atoms in total. The average Bonchev–Trinajstić information content (AvgIpc) is 3.08. The molecule has 0 radical (unpaired) electrons. The van der Waals surface area contributed by atoms with Crippen molar-refractivity contribution in [2.75, 3.05) is 85.8 Å². The van der Waals surface area contributed by atoms with E-state index in [4.69, 9.17) is 42.6 Å². The van der Waals surface area contributed by atoms with E-state index in [1.165, 1.54) is 77.0 Å². The highest BCUT2D eigenvalue weighted by molar-refractivity contribution is 7.47. The number of phosphoric acid groups is 1. The Balaban J connectivity index is 3.46. The van der Waals surface area contributed by atoms with Crippen molar-refractivity contribution in [3.05, 3.63) is 0 Å². The van der Waals surface area contributed by atoms with Gasteiger partial charge in [-0.1, -0.05) is 96.8 Å². The molecule has 3 N–H and O–H groups in total. The summed E-state index contributed by atoms with van der Waals surface area (Å²) in [6, 6.07) is 0. The number of aliphatic carboxylic acids is 1. The highest BCUT2D eigenvalue weighted by Gasteiger charge is 2.20. The van der Waals surface area contributed by atoms with Crippen molar-refractivity contribution < 1.29 is 66.4 Å². The Hall–Kier alpha value is -1.84. The molecular weight excluding hydrogens is 677 g/mol. The Bertz CT molecular complexity index is 851. The van der Waals surface area contributed by atoms with Crippen LogP contribution in [0.25, 0.3) is 0 Å². The van der Waals surface area contributed by atoms with E-state index >= 15 is 0 Å². The van der Waals surface area contributed by atoms with E-state index in [0.29, 0.717) is 26.2 Å². The zero-order chi connectivity index (χ0) is 36.8. The summed E-state index contributed by atoms with van der Waals surface area (Å²) in [5.74, 6) is -1.31. The van der Waals surface area contributed by atoms with Gasteiger partial charge in [-0.15, -0.1) is 0 Å². The fourth-order valence-corrected chi connectivity index (χ4v) is 5.31. The number of amides is 1. The Kier molecular flexibility index (Phi) is 35.6. The van der Waals surface area contributed by atoms with Crippen LogP contribution in [0.5, 0.6) is 0 Å². The lowest BCUT2D eigenvalue weighted by Crippen LogP contribution is -2.29. The van der Waals surface area contributed by atoms with Gasteiger partial charge in [-0.2, -0.15) is 0 Å². The van der Waals surface area contributed by atoms with E-state index in [1.54, 1.807) is 0 Å². The third kappa shape index (κ3) is 39.0. The van der Waals surface area contributed by atoms with Crippen molar-refractivity contribution in [1.29, 1.82) is 0 Å². The second kappa shape index (κ2) is 36.9. The number of carbonyl (C=O) groups excluding carboxylic acids is 2. The quantitative estimate of drug-likeness (QED) is 0.0366. The first-order chi connectivity index (χ1) is 24.3. The number of unbranched alkanes of at least 4 members (excludes halogenated alkanes) is 14. The molecule has 50 heavy (non-hydrogen) atoms. The second-order valence-corrected chi connectivity index (χ2v) is 13.2. The topological polar surface area (TPSA) is 195 Å². The lowest BCUT2D eigenvalue weighted by atomic mass is 10.0. The summed E-state index contributed by atoms with van der Waals surface area (Å²) in [5.41, 5.74) is 0. The summed E-state index contributed by atoms with van der Waals surface area (Å²) in [6.45, 7) is 3.38. The molecule has 0 spiro atoms. The molecule has 0 aromatic heterocycles. The Morgan fingerprint density at radius 3 is 1.52 bits per heavy atom. The minimum Gasteiger partial charge on any atom is -0.480 e. The van der Waals surface area contributed by atoms with Crippen LogP contribution < -0.4 is 5.32 Å². The molecule has 0 aliphatic carbocycles. The number of rotatable bonds is 39. The number of carbonyl (C=O) groups is 3. The van der Waals surface area contributed by atoms with E-state index < -0.39 is 19.9 Å². The minimum absolute atomic E-state index is 0.00218. The first kappa shape index (κ1) is 48.2. The predicted molar refractivity (Wildman–Crippen MR) is 187 cm³/mol. The van der Waals surface area contributed by atoms with Crippen molar-refractivity contribution in [2.45, 2.75) is 116 Å². The number of ether oxygens (including phenoxy) is 6. The number of alkyl carbamates (subject to hydrolysis) is 1. The van der Waals surface area contributed by atoms with Crippen LogP contribution in [0.3, 0.4) is 0 Å². The van der Waals surface area contributed by atoms with Gasteiger partial charge in [-0.25, -0.2) is 14.2 Å². The van der Waals surface area contributed by atoms with Gasteiger partial charge >= 0.3 is 25.9 Å². The molecule has 16 heteroatoms. The van der Waals surface area contributed by atoms with E-state index in [-0.39, 0.29) is 78.4 Å². The third-order valence-corrected chi connectivity index (χ3v) is 8.24. The first-order valence-corrected chi connectivity index (χ1v) is 20.0. The Morgan fingerprint density at radius 2 is 1.00 bits per heavy atom. The number of phosphoric ester groups is 1. The van der Waals surface area contributed by atoms with Gasteiger partial charge in [0.25, 0.3) is 0 Å². The van der Waals surface area contributed by atoms with Gasteiger partial charge in [0.1, 0.15) is 13.2 Å². The van der Waals surface area contributed by atoms with Gasteiger partial charge in [-0.05, 0) is 6.42 Å². The average molecular weight is 744 g/mol. The summed E-state index contributed by atoms with van der Waals surface area (Å²) >= 11 is 0. The van der Waals surface area contributed by atoms with Gasteiger partial charge in [0, 0.05) is 19.4 Å². The van der Waals surface area contributed by atoms with Crippen molar-refractivity contribution in [2.24, 2.45) is 0 Å². The molecule has 0 aromatic rings. The van der Waals surface area contributed by atoms with Crippen molar-refractivity contribution >= 4 is 25.9 Å². The molecule has 0 aliphatic heterocycles. The fraction of sp³-hybridized carbons (Fsp3) is 0.912. The van der Waals surface area contributed by atoms with Crippen LogP contribution in [0.4, 0.5) is 4.79 Å². The highest BCUT2D eigenvalue weighted by atomic mass is 31.2. The maximum atomic E-state index is 12.0. The summed E-state index contributed by atoms with van der Waals surface area (Å²) < 4.78 is 52.3. The van der Waals surface area contributed by atoms with E-state index in [2.05, 4.69) is 12.2 Å². The Morgan fingerprint density at radius 1 is 0.540 bits per heavy atom. The van der Waals surface area contributed by atoms with E-state index in [9.17, 15) is 23.8 Å². The number of nitrogens with one attached hydrogen (secondary N) is 1. The van der Waals surface area contributed by atoms with Crippen LogP contribution in [-0.4, -0.2) is 114 Å². The van der Waals surface area contributed by atoms with Crippen LogP contribution in [0.1, 0.15) is 116 Å². The van der Waals surface area contributed by atoms with E-state index in [1.807, 2.05) is 0 Å². The van der Waals surface area contributed by atoms with Crippen LogP contribution in [-0.2, 0) is 51.6 Å². The molecule has 0 saturated carbocycles. The SMILES string of the molecule is CCCCCCCCCCCCCCCCCC(=O)OCCCOP(=O)(O)OCCNC(=O)OCCOCCOCCOCCOCC(=O)O. The standard InChI is InChI=1S/C34H66NO14P/c1-2-3-4-5-6-7-8-9-10-11-12-13-14-15-16-18-33(38)46-20-17-21-48-50(40,41)49-22-19-35-34(39)47-30-29-44-26-25-42-23-24-43-27-28-45-31-32(36)37/h2-31H2,1H3,(H,35,39)(H,36,37)(H,40,41).